The molecule has 0 saturated heterocycles. The summed E-state index contributed by atoms with van der Waals surface area (Å²) in [4.78, 5) is 0. The highest BCUT2D eigenvalue weighted by molar-refractivity contribution is 5.43. The number of benzene rings is 1. The maximum absolute atomic E-state index is 13.9. The van der Waals surface area contributed by atoms with Gasteiger partial charge in [-0.05, 0) is 31.5 Å². The summed E-state index contributed by atoms with van der Waals surface area (Å²) in [5.41, 5.74) is 0.349. The standard InChI is InChI=1S/C14H19F2NO/c1-3-5-11-13(17-8-4-2)12-9(15)6-7-10(16)14(12)18-11/h6-7,11,13,17H,3-5,8H2,1-2H3. The fourth-order valence-electron chi connectivity index (χ4n) is 2.41. The van der Waals surface area contributed by atoms with Crippen molar-refractivity contribution >= 4 is 0 Å². The van der Waals surface area contributed by atoms with Crippen molar-refractivity contribution in [1.82, 2.24) is 5.32 Å². The van der Waals surface area contributed by atoms with Gasteiger partial charge in [0.2, 0.25) is 0 Å². The molecule has 1 aromatic carbocycles. The predicted molar refractivity (Wildman–Crippen MR) is 66.7 cm³/mol. The van der Waals surface area contributed by atoms with Gasteiger partial charge in [0, 0.05) is 0 Å². The highest BCUT2D eigenvalue weighted by atomic mass is 19.1. The highest BCUT2D eigenvalue weighted by Crippen LogP contribution is 2.41. The van der Waals surface area contributed by atoms with Gasteiger partial charge in [-0.15, -0.1) is 0 Å². The molecule has 2 atom stereocenters. The van der Waals surface area contributed by atoms with Crippen LogP contribution in [0.25, 0.3) is 0 Å². The first-order chi connectivity index (χ1) is 8.69. The minimum atomic E-state index is -0.478. The number of hydrogen-bond donors (Lipinski definition) is 1. The van der Waals surface area contributed by atoms with Gasteiger partial charge in [0.1, 0.15) is 11.9 Å². The van der Waals surface area contributed by atoms with E-state index in [2.05, 4.69) is 5.32 Å². The molecule has 0 aromatic heterocycles. The van der Waals surface area contributed by atoms with Crippen LogP contribution in [0.5, 0.6) is 5.75 Å². The number of hydrogen-bond acceptors (Lipinski definition) is 2. The van der Waals surface area contributed by atoms with Gasteiger partial charge in [-0.1, -0.05) is 20.3 Å². The first kappa shape index (κ1) is 13.3. The second-order valence-electron chi connectivity index (χ2n) is 4.65. The lowest BCUT2D eigenvalue weighted by atomic mass is 10.00. The van der Waals surface area contributed by atoms with E-state index in [1.54, 1.807) is 0 Å². The lowest BCUT2D eigenvalue weighted by Gasteiger charge is -2.19. The van der Waals surface area contributed by atoms with Gasteiger partial charge in [-0.2, -0.15) is 0 Å². The Morgan fingerprint density at radius 2 is 1.89 bits per heavy atom. The summed E-state index contributed by atoms with van der Waals surface area (Å²) in [7, 11) is 0. The largest absolute Gasteiger partial charge is 0.485 e. The van der Waals surface area contributed by atoms with E-state index in [1.807, 2.05) is 13.8 Å². The minimum Gasteiger partial charge on any atom is -0.485 e. The number of rotatable bonds is 5. The van der Waals surface area contributed by atoms with Crippen molar-refractivity contribution in [2.75, 3.05) is 6.54 Å². The average molecular weight is 255 g/mol. The molecule has 0 saturated carbocycles. The number of fused-ring (bicyclic) bond motifs is 1. The molecule has 2 unspecified atom stereocenters. The third kappa shape index (κ3) is 2.34. The average Bonchev–Trinajstić information content (AvgIpc) is 2.72. The fourth-order valence-corrected chi connectivity index (χ4v) is 2.41. The second kappa shape index (κ2) is 5.65. The van der Waals surface area contributed by atoms with E-state index in [1.165, 1.54) is 6.07 Å². The molecule has 1 aliphatic rings. The SMILES string of the molecule is CCCNC1c2c(F)ccc(F)c2OC1CCC. The third-order valence-corrected chi connectivity index (χ3v) is 3.23. The van der Waals surface area contributed by atoms with Gasteiger partial charge >= 0.3 is 0 Å². The molecular weight excluding hydrogens is 236 g/mol. The molecule has 0 amide bonds. The maximum atomic E-state index is 13.9. The fraction of sp³-hybridized carbons (Fsp3) is 0.571. The van der Waals surface area contributed by atoms with Crippen LogP contribution in [0.1, 0.15) is 44.7 Å². The van der Waals surface area contributed by atoms with E-state index in [9.17, 15) is 8.78 Å². The molecule has 18 heavy (non-hydrogen) atoms. The molecule has 1 aromatic rings. The Labute approximate surface area is 106 Å². The monoisotopic (exact) mass is 255 g/mol. The predicted octanol–water partition coefficient (Wildman–Crippen LogP) is 3.57. The molecule has 0 fully saturated rings. The second-order valence-corrected chi connectivity index (χ2v) is 4.65. The topological polar surface area (TPSA) is 21.3 Å². The van der Waals surface area contributed by atoms with Crippen molar-refractivity contribution in [1.29, 1.82) is 0 Å². The van der Waals surface area contributed by atoms with E-state index in [-0.39, 0.29) is 17.9 Å². The van der Waals surface area contributed by atoms with Crippen LogP contribution in [-0.2, 0) is 0 Å². The highest BCUT2D eigenvalue weighted by Gasteiger charge is 2.37. The van der Waals surface area contributed by atoms with Crippen LogP contribution in [0.3, 0.4) is 0 Å². The van der Waals surface area contributed by atoms with Crippen molar-refractivity contribution in [3.8, 4) is 5.75 Å². The van der Waals surface area contributed by atoms with Crippen LogP contribution in [0.4, 0.5) is 8.78 Å². The zero-order valence-electron chi connectivity index (χ0n) is 10.8. The smallest absolute Gasteiger partial charge is 0.165 e. The number of nitrogens with one attached hydrogen (secondary N) is 1. The molecule has 100 valence electrons. The molecule has 0 spiro atoms. The molecule has 2 rings (SSSR count). The summed E-state index contributed by atoms with van der Waals surface area (Å²) in [5.74, 6) is -0.783. The van der Waals surface area contributed by atoms with E-state index >= 15 is 0 Å². The summed E-state index contributed by atoms with van der Waals surface area (Å²) >= 11 is 0. The summed E-state index contributed by atoms with van der Waals surface area (Å²) in [6.45, 7) is 4.85. The van der Waals surface area contributed by atoms with Crippen molar-refractivity contribution in [3.05, 3.63) is 29.3 Å². The zero-order valence-corrected chi connectivity index (χ0v) is 10.8. The zero-order chi connectivity index (χ0) is 13.1. The molecule has 0 bridgehead atoms. The van der Waals surface area contributed by atoms with Crippen LogP contribution >= 0.6 is 0 Å². The molecule has 1 N–H and O–H groups in total. The van der Waals surface area contributed by atoms with Gasteiger partial charge in [-0.25, -0.2) is 8.78 Å². The first-order valence-corrected chi connectivity index (χ1v) is 6.57. The van der Waals surface area contributed by atoms with Crippen molar-refractivity contribution in [3.63, 3.8) is 0 Å². The molecule has 4 heteroatoms. The van der Waals surface area contributed by atoms with E-state index in [0.29, 0.717) is 5.56 Å². The van der Waals surface area contributed by atoms with Crippen molar-refractivity contribution < 1.29 is 13.5 Å². The summed E-state index contributed by atoms with van der Waals surface area (Å²) < 4.78 is 33.1. The Morgan fingerprint density at radius 3 is 2.56 bits per heavy atom. The Kier molecular flexibility index (Phi) is 4.17. The molecule has 0 aliphatic carbocycles. The Hall–Kier alpha value is -1.16. The summed E-state index contributed by atoms with van der Waals surface area (Å²) in [5, 5.41) is 3.26. The third-order valence-electron chi connectivity index (χ3n) is 3.23. The van der Waals surface area contributed by atoms with Crippen LogP contribution in [-0.4, -0.2) is 12.6 Å². The van der Waals surface area contributed by atoms with Gasteiger partial charge in [0.25, 0.3) is 0 Å². The van der Waals surface area contributed by atoms with Crippen LogP contribution in [0.15, 0.2) is 12.1 Å². The minimum absolute atomic E-state index is 0.0852. The molecular formula is C14H19F2NO. The van der Waals surface area contributed by atoms with Gasteiger partial charge in [0.15, 0.2) is 11.6 Å². The number of ether oxygens (including phenoxy) is 1. The molecule has 1 heterocycles. The van der Waals surface area contributed by atoms with Crippen molar-refractivity contribution in [2.24, 2.45) is 0 Å². The lowest BCUT2D eigenvalue weighted by molar-refractivity contribution is 0.172. The van der Waals surface area contributed by atoms with Crippen LogP contribution in [0, 0.1) is 11.6 Å². The molecule has 1 aliphatic heterocycles. The van der Waals surface area contributed by atoms with Gasteiger partial charge in [0.05, 0.1) is 11.6 Å². The first-order valence-electron chi connectivity index (χ1n) is 6.57. The Bertz CT molecular complexity index is 423. The lowest BCUT2D eigenvalue weighted by Crippen LogP contribution is -2.31. The van der Waals surface area contributed by atoms with E-state index in [4.69, 9.17) is 4.74 Å². The molecule has 0 radical (unpaired) electrons. The van der Waals surface area contributed by atoms with Gasteiger partial charge < -0.3 is 10.1 Å². The maximum Gasteiger partial charge on any atom is 0.165 e. The number of halogens is 2. The normalized spacial score (nSPS) is 21.8. The quantitative estimate of drug-likeness (QED) is 0.868. The summed E-state index contributed by atoms with van der Waals surface area (Å²) in [6.07, 6.45) is 2.48. The van der Waals surface area contributed by atoms with Crippen LogP contribution < -0.4 is 10.1 Å². The van der Waals surface area contributed by atoms with Crippen molar-refractivity contribution in [2.45, 2.75) is 45.3 Å². The molecule has 2 nitrogen and oxygen atoms in total. The van der Waals surface area contributed by atoms with Crippen LogP contribution in [0.2, 0.25) is 0 Å². The van der Waals surface area contributed by atoms with Gasteiger partial charge in [-0.3, -0.25) is 0 Å². The Morgan fingerprint density at radius 1 is 1.17 bits per heavy atom. The van der Waals surface area contributed by atoms with E-state index in [0.717, 1.165) is 31.9 Å². The summed E-state index contributed by atoms with van der Waals surface area (Å²) in [6, 6.07) is 2.06. The van der Waals surface area contributed by atoms with E-state index < -0.39 is 11.6 Å². The Balaban J connectivity index is 2.32.